The lowest BCUT2D eigenvalue weighted by Crippen LogP contribution is -2.47. The molecule has 1 aromatic heterocycles. The van der Waals surface area contributed by atoms with Crippen LogP contribution in [0, 0.1) is 12.3 Å². The fourth-order valence-corrected chi connectivity index (χ4v) is 4.68. The molecule has 1 atom stereocenters. The molecule has 2 amide bonds. The molecule has 33 heavy (non-hydrogen) atoms. The van der Waals surface area contributed by atoms with Crippen LogP contribution >= 0.6 is 0 Å². The van der Waals surface area contributed by atoms with Crippen molar-refractivity contribution in [2.45, 2.75) is 39.7 Å². The van der Waals surface area contributed by atoms with Gasteiger partial charge >= 0.3 is 0 Å². The summed E-state index contributed by atoms with van der Waals surface area (Å²) in [7, 11) is 0. The maximum absolute atomic E-state index is 13.5. The minimum absolute atomic E-state index is 0.0153. The Hall–Kier alpha value is -3.47. The van der Waals surface area contributed by atoms with Gasteiger partial charge < -0.3 is 10.2 Å². The van der Waals surface area contributed by atoms with Crippen LogP contribution in [0.5, 0.6) is 0 Å². The summed E-state index contributed by atoms with van der Waals surface area (Å²) in [5.41, 5.74) is 4.53. The highest BCUT2D eigenvalue weighted by molar-refractivity contribution is 5.95. The van der Waals surface area contributed by atoms with E-state index in [1.165, 1.54) is 5.56 Å². The van der Waals surface area contributed by atoms with Crippen molar-refractivity contribution in [3.63, 3.8) is 0 Å². The summed E-state index contributed by atoms with van der Waals surface area (Å²) in [6, 6.07) is 20.2. The predicted octanol–water partition coefficient (Wildman–Crippen LogP) is 4.66. The Bertz CT molecular complexity index is 1140. The maximum atomic E-state index is 13.5. The largest absolute Gasteiger partial charge is 0.353 e. The fraction of sp³-hybridized carbons (Fsp3) is 0.321. The lowest BCUT2D eigenvalue weighted by atomic mass is 9.78. The van der Waals surface area contributed by atoms with Gasteiger partial charge in [-0.25, -0.2) is 0 Å². The molecule has 170 valence electrons. The van der Waals surface area contributed by atoms with Crippen LogP contribution in [0.15, 0.2) is 73.1 Å². The van der Waals surface area contributed by atoms with Gasteiger partial charge in [-0.05, 0) is 62.4 Å². The molecule has 1 aliphatic heterocycles. The van der Waals surface area contributed by atoms with Gasteiger partial charge in [0.1, 0.15) is 0 Å². The third-order valence-corrected chi connectivity index (χ3v) is 6.35. The van der Waals surface area contributed by atoms with E-state index in [-0.39, 0.29) is 17.9 Å². The second kappa shape index (κ2) is 9.57. The van der Waals surface area contributed by atoms with Gasteiger partial charge in [-0.1, -0.05) is 54.1 Å². The summed E-state index contributed by atoms with van der Waals surface area (Å²) in [4.78, 5) is 32.5. The molecule has 4 rings (SSSR count). The van der Waals surface area contributed by atoms with E-state index >= 15 is 0 Å². The Labute approximate surface area is 195 Å². The minimum atomic E-state index is -0.674. The third kappa shape index (κ3) is 4.98. The number of carbonyl (C=O) groups is 2. The lowest BCUT2D eigenvalue weighted by molar-refractivity contribution is -0.130. The Balaban J connectivity index is 1.67. The molecule has 1 N–H and O–H groups in total. The summed E-state index contributed by atoms with van der Waals surface area (Å²) in [5, 5.41) is 3.13. The van der Waals surface area contributed by atoms with Crippen LogP contribution in [-0.4, -0.2) is 40.8 Å². The highest BCUT2D eigenvalue weighted by atomic mass is 16.2. The monoisotopic (exact) mass is 441 g/mol. The molecule has 1 aliphatic rings. The zero-order chi connectivity index (χ0) is 23.4. The van der Waals surface area contributed by atoms with Crippen LogP contribution in [0.3, 0.4) is 0 Å². The van der Waals surface area contributed by atoms with Crippen molar-refractivity contribution < 1.29 is 9.59 Å². The number of hydrogen-bond donors (Lipinski definition) is 1. The Morgan fingerprint density at radius 3 is 2.55 bits per heavy atom. The third-order valence-electron chi connectivity index (χ3n) is 6.35. The van der Waals surface area contributed by atoms with E-state index < -0.39 is 5.41 Å². The Morgan fingerprint density at radius 2 is 1.82 bits per heavy atom. The number of pyridine rings is 1. The van der Waals surface area contributed by atoms with Gasteiger partial charge in [0.15, 0.2) is 0 Å². The SMILES string of the molecule is Cc1cccc(-c2ccccc2CC2(C(=O)NC(C)C)CCN(C(=O)c3ccncc3)C2)c1. The van der Waals surface area contributed by atoms with Gasteiger partial charge in [-0.3, -0.25) is 14.6 Å². The second-order valence-electron chi connectivity index (χ2n) is 9.32. The molecule has 0 bridgehead atoms. The summed E-state index contributed by atoms with van der Waals surface area (Å²) in [6.45, 7) is 6.99. The molecule has 0 spiro atoms. The van der Waals surface area contributed by atoms with Crippen LogP contribution in [-0.2, 0) is 11.2 Å². The fourth-order valence-electron chi connectivity index (χ4n) is 4.68. The van der Waals surface area contributed by atoms with Crippen molar-refractivity contribution in [2.24, 2.45) is 5.41 Å². The van der Waals surface area contributed by atoms with Crippen LogP contribution in [0.1, 0.15) is 41.8 Å². The number of aromatic nitrogens is 1. The predicted molar refractivity (Wildman–Crippen MR) is 131 cm³/mol. The molecule has 2 aromatic carbocycles. The smallest absolute Gasteiger partial charge is 0.253 e. The molecule has 0 saturated carbocycles. The van der Waals surface area contributed by atoms with E-state index in [4.69, 9.17) is 0 Å². The topological polar surface area (TPSA) is 62.3 Å². The van der Waals surface area contributed by atoms with Gasteiger partial charge in [-0.2, -0.15) is 0 Å². The molecule has 5 nitrogen and oxygen atoms in total. The number of amides is 2. The number of benzene rings is 2. The summed E-state index contributed by atoms with van der Waals surface area (Å²) >= 11 is 0. The highest BCUT2D eigenvalue weighted by Crippen LogP contribution is 2.38. The highest BCUT2D eigenvalue weighted by Gasteiger charge is 2.46. The maximum Gasteiger partial charge on any atom is 0.253 e. The first-order chi connectivity index (χ1) is 15.9. The standard InChI is InChI=1S/C28H31N3O2/c1-20(2)30-27(33)28(13-16-31(19-28)26(32)22-11-14-29-15-12-22)18-24-8-4-5-10-25(24)23-9-6-7-21(3)17-23/h4-12,14-15,17,20H,13,16,18-19H2,1-3H3,(H,30,33). The first-order valence-electron chi connectivity index (χ1n) is 11.5. The normalized spacial score (nSPS) is 17.9. The average molecular weight is 442 g/mol. The molecule has 1 saturated heterocycles. The Kier molecular flexibility index (Phi) is 6.59. The number of aryl methyl sites for hydroxylation is 1. The van der Waals surface area contributed by atoms with Gasteiger partial charge in [0.2, 0.25) is 5.91 Å². The van der Waals surface area contributed by atoms with E-state index in [0.29, 0.717) is 31.5 Å². The molecule has 5 heteroatoms. The van der Waals surface area contributed by atoms with Crippen molar-refractivity contribution in [2.75, 3.05) is 13.1 Å². The number of hydrogen-bond acceptors (Lipinski definition) is 3. The first-order valence-corrected chi connectivity index (χ1v) is 11.5. The van der Waals surface area contributed by atoms with Gasteiger partial charge in [-0.15, -0.1) is 0 Å². The van der Waals surface area contributed by atoms with E-state index in [0.717, 1.165) is 16.7 Å². The molecular formula is C28H31N3O2. The van der Waals surface area contributed by atoms with Crippen LogP contribution in [0.2, 0.25) is 0 Å². The van der Waals surface area contributed by atoms with Crippen molar-refractivity contribution >= 4 is 11.8 Å². The molecule has 1 fully saturated rings. The second-order valence-corrected chi connectivity index (χ2v) is 9.32. The zero-order valence-electron chi connectivity index (χ0n) is 19.5. The molecule has 0 aliphatic carbocycles. The van der Waals surface area contributed by atoms with Crippen molar-refractivity contribution in [3.05, 3.63) is 89.7 Å². The number of likely N-dealkylation sites (tertiary alicyclic amines) is 1. The lowest BCUT2D eigenvalue weighted by Gasteiger charge is -2.30. The van der Waals surface area contributed by atoms with Crippen molar-refractivity contribution in [1.82, 2.24) is 15.2 Å². The zero-order valence-corrected chi connectivity index (χ0v) is 19.5. The van der Waals surface area contributed by atoms with Crippen LogP contribution < -0.4 is 5.32 Å². The number of nitrogens with one attached hydrogen (secondary N) is 1. The van der Waals surface area contributed by atoms with E-state index in [9.17, 15) is 9.59 Å². The number of rotatable bonds is 6. The van der Waals surface area contributed by atoms with Crippen LogP contribution in [0.4, 0.5) is 0 Å². The minimum Gasteiger partial charge on any atom is -0.353 e. The van der Waals surface area contributed by atoms with Crippen molar-refractivity contribution in [3.8, 4) is 11.1 Å². The summed E-state index contributed by atoms with van der Waals surface area (Å²) in [6.07, 6.45) is 4.46. The molecule has 2 heterocycles. The molecule has 1 unspecified atom stereocenters. The summed E-state index contributed by atoms with van der Waals surface area (Å²) in [5.74, 6) is -0.0369. The number of nitrogens with zero attached hydrogens (tertiary/aromatic N) is 2. The molecule has 0 radical (unpaired) electrons. The van der Waals surface area contributed by atoms with E-state index in [1.807, 2.05) is 30.9 Å². The molecular weight excluding hydrogens is 410 g/mol. The van der Waals surface area contributed by atoms with Gasteiger partial charge in [0.25, 0.3) is 5.91 Å². The average Bonchev–Trinajstić information content (AvgIpc) is 3.24. The first kappa shape index (κ1) is 22.7. The number of carbonyl (C=O) groups excluding carboxylic acids is 2. The summed E-state index contributed by atoms with van der Waals surface area (Å²) < 4.78 is 0. The van der Waals surface area contributed by atoms with Crippen LogP contribution in [0.25, 0.3) is 11.1 Å². The van der Waals surface area contributed by atoms with E-state index in [1.54, 1.807) is 24.5 Å². The quantitative estimate of drug-likeness (QED) is 0.605. The Morgan fingerprint density at radius 1 is 1.06 bits per heavy atom. The molecule has 3 aromatic rings. The van der Waals surface area contributed by atoms with Gasteiger partial charge in [0.05, 0.1) is 5.41 Å². The van der Waals surface area contributed by atoms with E-state index in [2.05, 4.69) is 53.6 Å². The van der Waals surface area contributed by atoms with Crippen molar-refractivity contribution in [1.29, 1.82) is 0 Å². The van der Waals surface area contributed by atoms with Gasteiger partial charge in [0, 0.05) is 37.1 Å².